The lowest BCUT2D eigenvalue weighted by molar-refractivity contribution is -0.129. The predicted molar refractivity (Wildman–Crippen MR) is 123 cm³/mol. The molecular formula is C28H26N2O2. The van der Waals surface area contributed by atoms with Crippen molar-refractivity contribution in [1.29, 1.82) is 5.26 Å². The van der Waals surface area contributed by atoms with Crippen LogP contribution in [0, 0.1) is 17.2 Å². The van der Waals surface area contributed by atoms with Gasteiger partial charge in [-0.15, -0.1) is 0 Å². The molecule has 3 aromatic carbocycles. The molecule has 0 radical (unpaired) electrons. The Morgan fingerprint density at radius 3 is 2.38 bits per heavy atom. The zero-order valence-electron chi connectivity index (χ0n) is 18.0. The summed E-state index contributed by atoms with van der Waals surface area (Å²) in [7, 11) is 0. The van der Waals surface area contributed by atoms with E-state index in [0.29, 0.717) is 19.5 Å². The zero-order chi connectivity index (χ0) is 22.0. The van der Waals surface area contributed by atoms with Crippen LogP contribution in [0.15, 0.2) is 78.9 Å². The highest BCUT2D eigenvalue weighted by Crippen LogP contribution is 2.43. The highest BCUT2D eigenvalue weighted by atomic mass is 16.5. The minimum absolute atomic E-state index is 0.0367. The first-order valence-electron chi connectivity index (χ1n) is 11.3. The standard InChI is InChI=1S/C28H26N2O2/c29-20-28(23-7-3-1-4-8-23,24-9-5-2-6-10-24)25-13-15-30(19-25)27(31)18-21-11-12-26-22(17-21)14-16-32-26/h1-12,17,25H,13-16,18-19H2. The second-order valence-corrected chi connectivity index (χ2v) is 8.69. The summed E-state index contributed by atoms with van der Waals surface area (Å²) in [6, 6.07) is 28.8. The van der Waals surface area contributed by atoms with Gasteiger partial charge in [0.25, 0.3) is 0 Å². The Labute approximate surface area is 189 Å². The molecule has 0 N–H and O–H groups in total. The van der Waals surface area contributed by atoms with E-state index in [2.05, 4.69) is 12.1 Å². The van der Waals surface area contributed by atoms with E-state index < -0.39 is 5.41 Å². The first-order valence-corrected chi connectivity index (χ1v) is 11.3. The van der Waals surface area contributed by atoms with E-state index in [-0.39, 0.29) is 11.8 Å². The van der Waals surface area contributed by atoms with Gasteiger partial charge in [-0.05, 0) is 34.7 Å². The smallest absolute Gasteiger partial charge is 0.227 e. The maximum Gasteiger partial charge on any atom is 0.227 e. The number of nitriles is 1. The van der Waals surface area contributed by atoms with Crippen LogP contribution in [0.3, 0.4) is 0 Å². The van der Waals surface area contributed by atoms with Crippen molar-refractivity contribution in [3.05, 3.63) is 101 Å². The predicted octanol–water partition coefficient (Wildman–Crippen LogP) is 4.52. The lowest BCUT2D eigenvalue weighted by Gasteiger charge is -2.34. The fourth-order valence-electron chi connectivity index (χ4n) is 5.24. The monoisotopic (exact) mass is 422 g/mol. The summed E-state index contributed by atoms with van der Waals surface area (Å²) >= 11 is 0. The Kier molecular flexibility index (Phi) is 5.41. The summed E-state index contributed by atoms with van der Waals surface area (Å²) in [6.07, 6.45) is 2.10. The van der Waals surface area contributed by atoms with Crippen LogP contribution in [0.5, 0.6) is 5.75 Å². The molecule has 2 aliphatic rings. The van der Waals surface area contributed by atoms with Gasteiger partial charge in [0.2, 0.25) is 5.91 Å². The van der Waals surface area contributed by atoms with Crippen molar-refractivity contribution in [3.63, 3.8) is 0 Å². The van der Waals surface area contributed by atoms with Gasteiger partial charge in [-0.25, -0.2) is 0 Å². The Morgan fingerprint density at radius 1 is 1.03 bits per heavy atom. The average Bonchev–Trinajstić information content (AvgIpc) is 3.51. The first-order chi connectivity index (χ1) is 15.7. The Hall–Kier alpha value is -3.58. The molecule has 1 amide bonds. The van der Waals surface area contributed by atoms with Crippen LogP contribution in [0.1, 0.15) is 28.7 Å². The second-order valence-electron chi connectivity index (χ2n) is 8.69. The summed E-state index contributed by atoms with van der Waals surface area (Å²) < 4.78 is 5.58. The minimum atomic E-state index is -0.775. The molecule has 0 saturated carbocycles. The molecule has 1 fully saturated rings. The van der Waals surface area contributed by atoms with Crippen molar-refractivity contribution in [2.24, 2.45) is 5.92 Å². The largest absolute Gasteiger partial charge is 0.493 e. The molecule has 160 valence electrons. The molecule has 4 heteroatoms. The topological polar surface area (TPSA) is 53.3 Å². The molecule has 0 bridgehead atoms. The van der Waals surface area contributed by atoms with Crippen LogP contribution in [-0.2, 0) is 23.1 Å². The van der Waals surface area contributed by atoms with Crippen molar-refractivity contribution >= 4 is 5.91 Å². The lowest BCUT2D eigenvalue weighted by Crippen LogP contribution is -2.38. The van der Waals surface area contributed by atoms with E-state index in [1.54, 1.807) is 0 Å². The molecule has 32 heavy (non-hydrogen) atoms. The first kappa shape index (κ1) is 20.3. The number of amides is 1. The molecule has 2 aliphatic heterocycles. The van der Waals surface area contributed by atoms with Gasteiger partial charge in [-0.3, -0.25) is 4.79 Å². The van der Waals surface area contributed by atoms with E-state index in [9.17, 15) is 10.1 Å². The number of likely N-dealkylation sites (tertiary alicyclic amines) is 1. The number of benzene rings is 3. The van der Waals surface area contributed by atoms with Crippen molar-refractivity contribution in [2.75, 3.05) is 19.7 Å². The van der Waals surface area contributed by atoms with Gasteiger partial charge in [0.1, 0.15) is 11.2 Å². The molecule has 4 nitrogen and oxygen atoms in total. The van der Waals surface area contributed by atoms with Crippen LogP contribution in [-0.4, -0.2) is 30.5 Å². The molecule has 1 saturated heterocycles. The number of fused-ring (bicyclic) bond motifs is 1. The third-order valence-electron chi connectivity index (χ3n) is 6.90. The number of hydrogen-bond acceptors (Lipinski definition) is 3. The maximum absolute atomic E-state index is 13.2. The number of hydrogen-bond donors (Lipinski definition) is 0. The van der Waals surface area contributed by atoms with Gasteiger partial charge in [-0.1, -0.05) is 72.8 Å². The average molecular weight is 423 g/mol. The molecule has 1 atom stereocenters. The summed E-state index contributed by atoms with van der Waals surface area (Å²) in [4.78, 5) is 15.1. The fourth-order valence-corrected chi connectivity index (χ4v) is 5.24. The van der Waals surface area contributed by atoms with Crippen LogP contribution in [0.25, 0.3) is 0 Å². The van der Waals surface area contributed by atoms with Crippen molar-refractivity contribution < 1.29 is 9.53 Å². The van der Waals surface area contributed by atoms with Crippen LogP contribution in [0.4, 0.5) is 0 Å². The molecule has 0 spiro atoms. The van der Waals surface area contributed by atoms with E-state index >= 15 is 0 Å². The summed E-state index contributed by atoms with van der Waals surface area (Å²) in [6.45, 7) is 1.99. The van der Waals surface area contributed by atoms with Gasteiger partial charge < -0.3 is 9.64 Å². The third-order valence-corrected chi connectivity index (χ3v) is 6.90. The van der Waals surface area contributed by atoms with E-state index in [0.717, 1.165) is 41.9 Å². The quantitative estimate of drug-likeness (QED) is 0.607. The highest BCUT2D eigenvalue weighted by molar-refractivity contribution is 5.79. The van der Waals surface area contributed by atoms with Crippen LogP contribution in [0.2, 0.25) is 0 Å². The minimum Gasteiger partial charge on any atom is -0.493 e. The Balaban J connectivity index is 1.39. The van der Waals surface area contributed by atoms with Gasteiger partial charge in [-0.2, -0.15) is 5.26 Å². The number of nitrogens with zero attached hydrogens (tertiary/aromatic N) is 2. The molecule has 5 rings (SSSR count). The molecule has 2 heterocycles. The van der Waals surface area contributed by atoms with E-state index in [4.69, 9.17) is 4.74 Å². The summed E-state index contributed by atoms with van der Waals surface area (Å²) in [5.41, 5.74) is 3.42. The third kappa shape index (κ3) is 3.54. The normalized spacial score (nSPS) is 17.5. The number of ether oxygens (including phenoxy) is 1. The number of carbonyl (C=O) groups is 1. The van der Waals surface area contributed by atoms with Crippen molar-refractivity contribution in [3.8, 4) is 11.8 Å². The maximum atomic E-state index is 13.2. The van der Waals surface area contributed by atoms with Crippen molar-refractivity contribution in [2.45, 2.75) is 24.7 Å². The van der Waals surface area contributed by atoms with Crippen LogP contribution >= 0.6 is 0 Å². The van der Waals surface area contributed by atoms with Crippen LogP contribution < -0.4 is 4.74 Å². The lowest BCUT2D eigenvalue weighted by atomic mass is 9.66. The molecule has 1 unspecified atom stereocenters. The van der Waals surface area contributed by atoms with Crippen molar-refractivity contribution in [1.82, 2.24) is 4.90 Å². The number of rotatable bonds is 5. The SMILES string of the molecule is N#CC(c1ccccc1)(c1ccccc1)C1CCN(C(=O)Cc2ccc3c(c2)CCO3)C1. The fraction of sp³-hybridized carbons (Fsp3) is 0.286. The summed E-state index contributed by atoms with van der Waals surface area (Å²) in [5, 5.41) is 10.5. The Morgan fingerprint density at radius 2 is 1.72 bits per heavy atom. The molecule has 0 aromatic heterocycles. The molecule has 0 aliphatic carbocycles. The van der Waals surface area contributed by atoms with Gasteiger partial charge in [0.05, 0.1) is 19.1 Å². The van der Waals surface area contributed by atoms with Gasteiger partial charge in [0, 0.05) is 25.4 Å². The second kappa shape index (κ2) is 8.51. The molecule has 3 aromatic rings. The van der Waals surface area contributed by atoms with Gasteiger partial charge >= 0.3 is 0 Å². The van der Waals surface area contributed by atoms with E-state index in [1.165, 1.54) is 5.56 Å². The molecular weight excluding hydrogens is 396 g/mol. The van der Waals surface area contributed by atoms with E-state index in [1.807, 2.05) is 77.7 Å². The Bertz CT molecular complexity index is 1110. The van der Waals surface area contributed by atoms with Gasteiger partial charge in [0.15, 0.2) is 0 Å². The number of carbonyl (C=O) groups excluding carboxylic acids is 1. The summed E-state index contributed by atoms with van der Waals surface area (Å²) in [5.74, 6) is 1.10. The zero-order valence-corrected chi connectivity index (χ0v) is 18.0. The highest BCUT2D eigenvalue weighted by Gasteiger charge is 2.46.